The molecule has 0 spiro atoms. The Morgan fingerprint density at radius 1 is 0.976 bits per heavy atom. The van der Waals surface area contributed by atoms with Gasteiger partial charge in [0, 0.05) is 49.7 Å². The van der Waals surface area contributed by atoms with E-state index in [1.807, 2.05) is 55.7 Å². The average Bonchev–Trinajstić information content (AvgIpc) is 3.07. The van der Waals surface area contributed by atoms with Crippen LogP contribution in [0.25, 0.3) is 10.9 Å². The van der Waals surface area contributed by atoms with Crippen molar-refractivity contribution < 1.29 is 14.3 Å². The van der Waals surface area contributed by atoms with Gasteiger partial charge in [0.1, 0.15) is 11.2 Å². The lowest BCUT2D eigenvalue weighted by molar-refractivity contribution is -0.137. The normalized spacial score (nSPS) is 15.4. The van der Waals surface area contributed by atoms with Gasteiger partial charge in [-0.1, -0.05) is 24.3 Å². The number of pyridine rings is 2. The van der Waals surface area contributed by atoms with Crippen molar-refractivity contribution in [1.82, 2.24) is 15.3 Å². The largest absolute Gasteiger partial charge is 0.493 e. The molecule has 0 saturated heterocycles. The zero-order valence-electron chi connectivity index (χ0n) is 24.8. The number of fused-ring (bicyclic) bond motifs is 2. The fraction of sp³-hybridized carbons (Fsp3) is 0.353. The molecule has 0 bridgehead atoms. The van der Waals surface area contributed by atoms with Crippen LogP contribution in [0.2, 0.25) is 0 Å². The monoisotopic (exact) mass is 565 g/mol. The number of hydrogen-bond acceptors (Lipinski definition) is 6. The quantitative estimate of drug-likeness (QED) is 0.185. The van der Waals surface area contributed by atoms with Gasteiger partial charge in [-0.15, -0.1) is 0 Å². The highest BCUT2D eigenvalue weighted by atomic mass is 16.5. The molecule has 0 radical (unpaired) electrons. The predicted octanol–water partition coefficient (Wildman–Crippen LogP) is 5.72. The number of aromatic nitrogens is 2. The van der Waals surface area contributed by atoms with Crippen molar-refractivity contribution in [2.24, 2.45) is 5.41 Å². The maximum absolute atomic E-state index is 13.1. The van der Waals surface area contributed by atoms with Crippen LogP contribution in [-0.4, -0.2) is 48.5 Å². The Balaban J connectivity index is 1.25. The maximum Gasteiger partial charge on any atom is 0.242 e. The second-order valence-corrected chi connectivity index (χ2v) is 11.2. The highest BCUT2D eigenvalue weighted by molar-refractivity contribution is 6.20. The Bertz CT molecular complexity index is 1550. The molecule has 1 aliphatic rings. The van der Waals surface area contributed by atoms with Gasteiger partial charge in [-0.3, -0.25) is 19.6 Å². The summed E-state index contributed by atoms with van der Waals surface area (Å²) in [6, 6.07) is 20.3. The number of anilines is 2. The summed E-state index contributed by atoms with van der Waals surface area (Å²) < 4.78 is 6.13. The summed E-state index contributed by atoms with van der Waals surface area (Å²) in [6.45, 7) is 7.06. The van der Waals surface area contributed by atoms with Crippen molar-refractivity contribution in [3.05, 3.63) is 90.4 Å². The van der Waals surface area contributed by atoms with Crippen LogP contribution < -0.4 is 19.9 Å². The van der Waals surface area contributed by atoms with E-state index in [9.17, 15) is 9.59 Å². The van der Waals surface area contributed by atoms with Gasteiger partial charge in [0.2, 0.25) is 11.8 Å². The third-order valence-electron chi connectivity index (χ3n) is 8.01. The number of carbonyl (C=O) groups is 2. The maximum atomic E-state index is 13.1. The second kappa shape index (κ2) is 12.7. The van der Waals surface area contributed by atoms with E-state index in [2.05, 4.69) is 39.6 Å². The highest BCUT2D eigenvalue weighted by Gasteiger charge is 2.45. The number of benzene rings is 2. The number of ether oxygens (including phenoxy) is 1. The molecule has 1 unspecified atom stereocenters. The van der Waals surface area contributed by atoms with E-state index in [-0.39, 0.29) is 17.9 Å². The Kier molecular flexibility index (Phi) is 8.83. The van der Waals surface area contributed by atoms with Crippen molar-refractivity contribution >= 4 is 34.1 Å². The molecule has 42 heavy (non-hydrogen) atoms. The number of rotatable bonds is 11. The summed E-state index contributed by atoms with van der Waals surface area (Å²) in [5.41, 5.74) is 3.70. The van der Waals surface area contributed by atoms with Gasteiger partial charge in [-0.05, 0) is 88.0 Å². The first-order chi connectivity index (χ1) is 20.3. The van der Waals surface area contributed by atoms with Crippen LogP contribution in [-0.2, 0) is 16.0 Å². The van der Waals surface area contributed by atoms with Gasteiger partial charge in [0.05, 0.1) is 23.5 Å². The van der Waals surface area contributed by atoms with E-state index in [1.165, 1.54) is 11.1 Å². The lowest BCUT2D eigenvalue weighted by Gasteiger charge is -2.27. The molecule has 2 aromatic heterocycles. The lowest BCUT2D eigenvalue weighted by Crippen LogP contribution is -2.47. The summed E-state index contributed by atoms with van der Waals surface area (Å²) >= 11 is 0. The Labute approximate surface area is 247 Å². The predicted molar refractivity (Wildman–Crippen MR) is 167 cm³/mol. The van der Waals surface area contributed by atoms with Gasteiger partial charge >= 0.3 is 0 Å². The SMILES string of the molecule is CCN1C(=O)C(C)(C)C(=O)N(C)c2cc(OCCCNC(CCc3cccnc3)c3cccc4ncccc34)ccc21. The topological polar surface area (TPSA) is 87.7 Å². The first-order valence-corrected chi connectivity index (χ1v) is 14.6. The zero-order valence-corrected chi connectivity index (χ0v) is 24.8. The van der Waals surface area contributed by atoms with Crippen LogP contribution >= 0.6 is 0 Å². The van der Waals surface area contributed by atoms with Crippen molar-refractivity contribution in [3.63, 3.8) is 0 Å². The van der Waals surface area contributed by atoms with E-state index >= 15 is 0 Å². The third-order valence-corrected chi connectivity index (χ3v) is 8.01. The number of carbonyl (C=O) groups excluding carboxylic acids is 2. The van der Waals surface area contributed by atoms with Gasteiger partial charge in [0.15, 0.2) is 0 Å². The van der Waals surface area contributed by atoms with Crippen LogP contribution in [0.4, 0.5) is 11.4 Å². The molecule has 0 fully saturated rings. The first kappa shape index (κ1) is 29.2. The minimum absolute atomic E-state index is 0.145. The molecule has 3 heterocycles. The Morgan fingerprint density at radius 3 is 2.60 bits per heavy atom. The fourth-order valence-corrected chi connectivity index (χ4v) is 5.66. The molecule has 1 N–H and O–H groups in total. The van der Waals surface area contributed by atoms with E-state index in [4.69, 9.17) is 4.74 Å². The van der Waals surface area contributed by atoms with Crippen LogP contribution in [0.15, 0.2) is 79.3 Å². The van der Waals surface area contributed by atoms with Crippen LogP contribution in [0.3, 0.4) is 0 Å². The van der Waals surface area contributed by atoms with E-state index in [1.54, 1.807) is 36.9 Å². The Hall–Kier alpha value is -4.30. The number of amides is 2. The third kappa shape index (κ3) is 5.99. The number of nitrogens with one attached hydrogen (secondary N) is 1. The van der Waals surface area contributed by atoms with Crippen molar-refractivity contribution in [2.45, 2.75) is 46.1 Å². The first-order valence-electron chi connectivity index (χ1n) is 14.6. The zero-order chi connectivity index (χ0) is 29.7. The number of aryl methyl sites for hydroxylation is 1. The number of hydrogen-bond donors (Lipinski definition) is 1. The molecule has 2 aromatic carbocycles. The molecule has 2 amide bonds. The minimum Gasteiger partial charge on any atom is -0.493 e. The standard InChI is InChI=1S/C34H39N5O3/c1-5-39-30-17-15-25(22-31(30)38(4)32(40)34(2,3)33(39)41)42-21-9-20-37-29(16-14-24-10-7-18-35-23-24)26-11-6-13-28-27(26)12-8-19-36-28/h6-8,10-13,15,17-19,22-23,29,37H,5,9,14,16,20-21H2,1-4H3. The molecule has 1 atom stereocenters. The summed E-state index contributed by atoms with van der Waals surface area (Å²) in [6.07, 6.45) is 8.19. The molecular formula is C34H39N5O3. The molecular weight excluding hydrogens is 526 g/mol. The molecule has 8 heteroatoms. The van der Waals surface area contributed by atoms with Crippen LogP contribution in [0.1, 0.15) is 50.8 Å². The van der Waals surface area contributed by atoms with Gasteiger partial charge < -0.3 is 19.9 Å². The second-order valence-electron chi connectivity index (χ2n) is 11.2. The molecule has 0 saturated carbocycles. The summed E-state index contributed by atoms with van der Waals surface area (Å²) in [7, 11) is 1.72. The van der Waals surface area contributed by atoms with E-state index in [0.717, 1.165) is 42.4 Å². The van der Waals surface area contributed by atoms with E-state index < -0.39 is 5.41 Å². The van der Waals surface area contributed by atoms with Crippen LogP contribution in [0, 0.1) is 5.41 Å². The van der Waals surface area contributed by atoms with Crippen molar-refractivity contribution in [2.75, 3.05) is 36.5 Å². The van der Waals surface area contributed by atoms with Gasteiger partial charge in [0.25, 0.3) is 0 Å². The van der Waals surface area contributed by atoms with Crippen molar-refractivity contribution in [3.8, 4) is 5.75 Å². The summed E-state index contributed by atoms with van der Waals surface area (Å²) in [5, 5.41) is 4.92. The molecule has 0 aliphatic carbocycles. The smallest absolute Gasteiger partial charge is 0.242 e. The van der Waals surface area contributed by atoms with Gasteiger partial charge in [-0.2, -0.15) is 0 Å². The fourth-order valence-electron chi connectivity index (χ4n) is 5.66. The van der Waals surface area contributed by atoms with Crippen molar-refractivity contribution in [1.29, 1.82) is 0 Å². The molecule has 218 valence electrons. The Morgan fingerprint density at radius 2 is 1.81 bits per heavy atom. The summed E-state index contributed by atoms with van der Waals surface area (Å²) in [4.78, 5) is 38.4. The molecule has 1 aliphatic heterocycles. The lowest BCUT2D eigenvalue weighted by atomic mass is 9.90. The molecule has 8 nitrogen and oxygen atoms in total. The molecule has 5 rings (SSSR count). The molecule has 4 aromatic rings. The number of nitrogens with zero attached hydrogens (tertiary/aromatic N) is 4. The highest BCUT2D eigenvalue weighted by Crippen LogP contribution is 2.40. The van der Waals surface area contributed by atoms with E-state index in [0.29, 0.717) is 24.6 Å². The average molecular weight is 566 g/mol. The van der Waals surface area contributed by atoms with Crippen LogP contribution in [0.5, 0.6) is 5.75 Å². The minimum atomic E-state index is -1.13. The van der Waals surface area contributed by atoms with Gasteiger partial charge in [-0.25, -0.2) is 0 Å². The summed E-state index contributed by atoms with van der Waals surface area (Å²) in [5.74, 6) is 0.247.